The minimum atomic E-state index is -0.0281. The Morgan fingerprint density at radius 1 is 1.35 bits per heavy atom. The summed E-state index contributed by atoms with van der Waals surface area (Å²) < 4.78 is 5.56. The van der Waals surface area contributed by atoms with Gasteiger partial charge in [-0.1, -0.05) is 13.8 Å². The van der Waals surface area contributed by atoms with Gasteiger partial charge >= 0.3 is 0 Å². The molecule has 1 aromatic rings. The summed E-state index contributed by atoms with van der Waals surface area (Å²) in [6.45, 7) is 9.37. The largest absolute Gasteiger partial charge is 0.491 e. The Labute approximate surface area is 103 Å². The fraction of sp³-hybridized carbons (Fsp3) is 0.538. The number of carbonyl (C=O) groups is 1. The van der Waals surface area contributed by atoms with E-state index in [2.05, 4.69) is 23.7 Å². The average Bonchev–Trinajstić information content (AvgIpc) is 2.35. The number of ketones is 1. The summed E-state index contributed by atoms with van der Waals surface area (Å²) in [5.41, 5.74) is 0.473. The third-order valence-corrected chi connectivity index (χ3v) is 2.67. The lowest BCUT2D eigenvalue weighted by Crippen LogP contribution is -2.27. The normalized spacial score (nSPS) is 10.6. The second-order valence-corrected chi connectivity index (χ2v) is 3.81. The van der Waals surface area contributed by atoms with E-state index in [9.17, 15) is 4.79 Å². The van der Waals surface area contributed by atoms with E-state index in [0.717, 1.165) is 19.6 Å². The van der Waals surface area contributed by atoms with Crippen LogP contribution in [-0.4, -0.2) is 41.9 Å². The number of ether oxygens (including phenoxy) is 1. The van der Waals surface area contributed by atoms with Crippen molar-refractivity contribution in [2.24, 2.45) is 0 Å². The fourth-order valence-corrected chi connectivity index (χ4v) is 1.51. The zero-order valence-electron chi connectivity index (χ0n) is 10.8. The third kappa shape index (κ3) is 4.53. The SMILES string of the molecule is CCN(CC)CCOc1ccc(C(C)=O)nc1. The Kier molecular flexibility index (Phi) is 5.63. The molecule has 0 radical (unpaired) electrons. The van der Waals surface area contributed by atoms with Gasteiger partial charge in [0.1, 0.15) is 18.1 Å². The second kappa shape index (κ2) is 7.01. The molecule has 0 atom stereocenters. The van der Waals surface area contributed by atoms with E-state index >= 15 is 0 Å². The van der Waals surface area contributed by atoms with E-state index in [1.165, 1.54) is 6.92 Å². The number of carbonyl (C=O) groups excluding carboxylic acids is 1. The lowest BCUT2D eigenvalue weighted by atomic mass is 10.3. The molecule has 0 bridgehead atoms. The van der Waals surface area contributed by atoms with Gasteiger partial charge in [0.15, 0.2) is 5.78 Å². The fourth-order valence-electron chi connectivity index (χ4n) is 1.51. The van der Waals surface area contributed by atoms with Gasteiger partial charge in [0.2, 0.25) is 0 Å². The van der Waals surface area contributed by atoms with Crippen molar-refractivity contribution in [2.45, 2.75) is 20.8 Å². The van der Waals surface area contributed by atoms with E-state index in [4.69, 9.17) is 4.74 Å². The van der Waals surface area contributed by atoms with Crippen LogP contribution in [0.25, 0.3) is 0 Å². The number of nitrogens with zero attached hydrogens (tertiary/aromatic N) is 2. The molecule has 0 saturated heterocycles. The molecule has 17 heavy (non-hydrogen) atoms. The number of pyridine rings is 1. The van der Waals surface area contributed by atoms with Crippen LogP contribution in [-0.2, 0) is 0 Å². The van der Waals surface area contributed by atoms with Crippen LogP contribution in [0.3, 0.4) is 0 Å². The summed E-state index contributed by atoms with van der Waals surface area (Å²) in [5.74, 6) is 0.682. The molecule has 94 valence electrons. The van der Waals surface area contributed by atoms with Crippen LogP contribution < -0.4 is 4.74 Å². The van der Waals surface area contributed by atoms with Crippen molar-refractivity contribution in [1.29, 1.82) is 0 Å². The molecule has 0 aliphatic heterocycles. The topological polar surface area (TPSA) is 42.4 Å². The van der Waals surface area contributed by atoms with Crippen LogP contribution in [0.1, 0.15) is 31.3 Å². The van der Waals surface area contributed by atoms with Crippen LogP contribution in [0.2, 0.25) is 0 Å². The smallest absolute Gasteiger partial charge is 0.178 e. The van der Waals surface area contributed by atoms with E-state index < -0.39 is 0 Å². The minimum Gasteiger partial charge on any atom is -0.491 e. The van der Waals surface area contributed by atoms with E-state index in [-0.39, 0.29) is 5.78 Å². The molecule has 0 aliphatic carbocycles. The molecule has 0 amide bonds. The highest BCUT2D eigenvalue weighted by Gasteiger charge is 2.02. The molecule has 4 heteroatoms. The van der Waals surface area contributed by atoms with Gasteiger partial charge in [-0.15, -0.1) is 0 Å². The maximum absolute atomic E-state index is 11.0. The molecule has 1 rings (SSSR count). The summed E-state index contributed by atoms with van der Waals surface area (Å²) in [4.78, 5) is 17.3. The molecule has 0 aliphatic rings. The van der Waals surface area contributed by atoms with E-state index in [1.54, 1.807) is 18.3 Å². The lowest BCUT2D eigenvalue weighted by Gasteiger charge is -2.17. The standard InChI is InChI=1S/C13H20N2O2/c1-4-15(5-2)8-9-17-12-6-7-13(11(3)16)14-10-12/h6-7,10H,4-5,8-9H2,1-3H3. The first kappa shape index (κ1) is 13.6. The lowest BCUT2D eigenvalue weighted by molar-refractivity contribution is 0.101. The molecule has 0 unspecified atom stereocenters. The van der Waals surface area contributed by atoms with Crippen molar-refractivity contribution in [2.75, 3.05) is 26.2 Å². The Bertz CT molecular complexity index is 345. The highest BCUT2D eigenvalue weighted by molar-refractivity contribution is 5.92. The predicted molar refractivity (Wildman–Crippen MR) is 67.5 cm³/mol. The Morgan fingerprint density at radius 2 is 2.06 bits per heavy atom. The molecule has 0 aromatic carbocycles. The Morgan fingerprint density at radius 3 is 2.53 bits per heavy atom. The molecule has 1 aromatic heterocycles. The van der Waals surface area contributed by atoms with Crippen LogP contribution in [0.4, 0.5) is 0 Å². The first-order chi connectivity index (χ1) is 8.17. The van der Waals surface area contributed by atoms with Crippen molar-refractivity contribution in [3.05, 3.63) is 24.0 Å². The van der Waals surface area contributed by atoms with Gasteiger partial charge in [0.25, 0.3) is 0 Å². The monoisotopic (exact) mass is 236 g/mol. The maximum Gasteiger partial charge on any atom is 0.178 e. The molecule has 0 saturated carbocycles. The van der Waals surface area contributed by atoms with Crippen LogP contribution in [0.5, 0.6) is 5.75 Å². The van der Waals surface area contributed by atoms with Gasteiger partial charge in [0, 0.05) is 13.5 Å². The first-order valence-electron chi connectivity index (χ1n) is 5.99. The second-order valence-electron chi connectivity index (χ2n) is 3.81. The van der Waals surface area contributed by atoms with Crippen molar-refractivity contribution in [3.8, 4) is 5.75 Å². The van der Waals surface area contributed by atoms with Gasteiger partial charge in [-0.05, 0) is 25.2 Å². The number of aromatic nitrogens is 1. The highest BCUT2D eigenvalue weighted by atomic mass is 16.5. The van der Waals surface area contributed by atoms with Gasteiger partial charge in [0.05, 0.1) is 6.20 Å². The predicted octanol–water partition coefficient (Wildman–Crippen LogP) is 2.00. The van der Waals surface area contributed by atoms with E-state index in [0.29, 0.717) is 18.1 Å². The highest BCUT2D eigenvalue weighted by Crippen LogP contribution is 2.09. The molecule has 0 fully saturated rings. The molecular formula is C13H20N2O2. The van der Waals surface area contributed by atoms with Crippen LogP contribution >= 0.6 is 0 Å². The number of rotatable bonds is 7. The zero-order valence-corrected chi connectivity index (χ0v) is 10.8. The quantitative estimate of drug-likeness (QED) is 0.679. The number of Topliss-reactive ketones (excluding diaryl/α,β-unsaturated/α-hetero) is 1. The van der Waals surface area contributed by atoms with E-state index in [1.807, 2.05) is 0 Å². The Hall–Kier alpha value is -1.42. The Balaban J connectivity index is 2.39. The molecule has 4 nitrogen and oxygen atoms in total. The number of hydrogen-bond acceptors (Lipinski definition) is 4. The van der Waals surface area contributed by atoms with Crippen molar-refractivity contribution in [1.82, 2.24) is 9.88 Å². The van der Waals surface area contributed by atoms with Crippen LogP contribution in [0, 0.1) is 0 Å². The van der Waals surface area contributed by atoms with Gasteiger partial charge in [-0.2, -0.15) is 0 Å². The van der Waals surface area contributed by atoms with Gasteiger partial charge in [-0.3, -0.25) is 4.79 Å². The number of hydrogen-bond donors (Lipinski definition) is 0. The van der Waals surface area contributed by atoms with Crippen molar-refractivity contribution >= 4 is 5.78 Å². The summed E-state index contributed by atoms with van der Waals surface area (Å²) in [7, 11) is 0. The average molecular weight is 236 g/mol. The molecule has 0 spiro atoms. The maximum atomic E-state index is 11.0. The minimum absolute atomic E-state index is 0.0281. The number of likely N-dealkylation sites (N-methyl/N-ethyl adjacent to an activating group) is 1. The molecule has 1 heterocycles. The van der Waals surface area contributed by atoms with Gasteiger partial charge < -0.3 is 9.64 Å². The van der Waals surface area contributed by atoms with Gasteiger partial charge in [-0.25, -0.2) is 4.98 Å². The summed E-state index contributed by atoms with van der Waals surface area (Å²) in [6.07, 6.45) is 1.60. The van der Waals surface area contributed by atoms with Crippen LogP contribution in [0.15, 0.2) is 18.3 Å². The first-order valence-corrected chi connectivity index (χ1v) is 5.99. The van der Waals surface area contributed by atoms with Crippen molar-refractivity contribution in [3.63, 3.8) is 0 Å². The summed E-state index contributed by atoms with van der Waals surface area (Å²) >= 11 is 0. The summed E-state index contributed by atoms with van der Waals surface area (Å²) in [5, 5.41) is 0. The van der Waals surface area contributed by atoms with Crippen molar-refractivity contribution < 1.29 is 9.53 Å². The molecular weight excluding hydrogens is 216 g/mol. The zero-order chi connectivity index (χ0) is 12.7. The molecule has 0 N–H and O–H groups in total. The third-order valence-electron chi connectivity index (χ3n) is 2.67. The summed E-state index contributed by atoms with van der Waals surface area (Å²) in [6, 6.07) is 3.47.